The highest BCUT2D eigenvalue weighted by atomic mass is 35.5. The highest BCUT2D eigenvalue weighted by Gasteiger charge is 2.67. The molecule has 3 aromatic heterocycles. The van der Waals surface area contributed by atoms with Gasteiger partial charge in [-0.15, -0.1) is 0 Å². The summed E-state index contributed by atoms with van der Waals surface area (Å²) in [4.78, 5) is 46.9. The number of carbonyl (C=O) groups excluding carboxylic acids is 2. The Morgan fingerprint density at radius 1 is 0.985 bits per heavy atom. The lowest BCUT2D eigenvalue weighted by Gasteiger charge is -2.24. The molecule has 0 bridgehead atoms. The quantitative estimate of drug-likeness (QED) is 0.0715. The number of methoxy groups -OCH3 is 1. The number of benzene rings is 4. The largest absolute Gasteiger partial charge is 0.497 e. The first kappa shape index (κ1) is 46.4. The van der Waals surface area contributed by atoms with Crippen LogP contribution in [0.3, 0.4) is 0 Å². The van der Waals surface area contributed by atoms with E-state index in [0.29, 0.717) is 22.1 Å². The van der Waals surface area contributed by atoms with E-state index in [1.54, 1.807) is 31.2 Å². The normalized spacial score (nSPS) is 16.5. The van der Waals surface area contributed by atoms with Gasteiger partial charge in [0.15, 0.2) is 11.6 Å². The van der Waals surface area contributed by atoms with Crippen LogP contribution in [0.5, 0.6) is 5.75 Å². The Morgan fingerprint density at radius 3 is 2.38 bits per heavy atom. The molecule has 0 aliphatic heterocycles. The summed E-state index contributed by atoms with van der Waals surface area (Å²) in [6.07, 6.45) is -3.56. The first-order valence-electron chi connectivity index (χ1n) is 21.2. The number of aromatic nitrogens is 6. The Bertz CT molecular complexity index is 3360. The number of fused-ring (bicyclic) bond motifs is 5. The van der Waals surface area contributed by atoms with Crippen LogP contribution >= 0.6 is 11.6 Å². The standard InChI is InChI=1S/C46H39ClF6N8O6S/c1-4-35(62)24-7-10-28-32(18-24)55-44(33(17-23-15-25(48)19-26(49)16-23)54-36(63)21-60-41-37(39(56-60)42(50)51)29-20-30(29)46(41,52)53)61(45(28)64)34-12-11-31(47)38-40(34)59(2)57-43(38)58-68(65,66)14-13-22-5-8-27(67-3)9-6-22/h5-12,15-16,18-19,29-30,33,42H,4,13-14,17,20-21H2,1-3H3,(H,54,63)(H,57,58)/t29-,30+,33-/m0/s1. The molecule has 0 saturated heterocycles. The maximum atomic E-state index is 15.6. The van der Waals surface area contributed by atoms with Crippen molar-refractivity contribution in [3.8, 4) is 11.4 Å². The van der Waals surface area contributed by atoms with E-state index in [4.69, 9.17) is 21.3 Å². The zero-order valence-corrected chi connectivity index (χ0v) is 37.7. The summed E-state index contributed by atoms with van der Waals surface area (Å²) in [7, 11) is -1.17. The third-order valence-corrected chi connectivity index (χ3v) is 13.8. The molecule has 2 aliphatic rings. The van der Waals surface area contributed by atoms with Crippen molar-refractivity contribution in [2.75, 3.05) is 17.6 Å². The van der Waals surface area contributed by atoms with Gasteiger partial charge in [0.2, 0.25) is 15.9 Å². The van der Waals surface area contributed by atoms with E-state index in [2.05, 4.69) is 20.2 Å². The first-order valence-corrected chi connectivity index (χ1v) is 23.2. The summed E-state index contributed by atoms with van der Waals surface area (Å²) in [5.74, 6) is -9.36. The van der Waals surface area contributed by atoms with Crippen LogP contribution < -0.4 is 20.3 Å². The number of ether oxygens (including phenoxy) is 1. The Balaban J connectivity index is 1.18. The van der Waals surface area contributed by atoms with Crippen molar-refractivity contribution in [2.45, 2.75) is 63.5 Å². The monoisotopic (exact) mass is 980 g/mol. The van der Waals surface area contributed by atoms with E-state index in [0.717, 1.165) is 16.7 Å². The maximum Gasteiger partial charge on any atom is 0.293 e. The molecule has 1 saturated carbocycles. The average Bonchev–Trinajstić information content (AvgIpc) is 3.83. The number of rotatable bonds is 16. The number of halogens is 7. The van der Waals surface area contributed by atoms with Crippen LogP contribution in [-0.4, -0.2) is 62.1 Å². The molecule has 9 rings (SSSR count). The van der Waals surface area contributed by atoms with Gasteiger partial charge in [0.1, 0.15) is 41.1 Å². The molecule has 0 spiro atoms. The topological polar surface area (TPSA) is 172 Å². The van der Waals surface area contributed by atoms with Gasteiger partial charge in [0.25, 0.3) is 17.9 Å². The van der Waals surface area contributed by atoms with E-state index in [1.165, 1.54) is 49.2 Å². The van der Waals surface area contributed by atoms with Crippen molar-refractivity contribution in [3.63, 3.8) is 0 Å². The van der Waals surface area contributed by atoms with Crippen molar-refractivity contribution in [1.29, 1.82) is 0 Å². The molecule has 68 heavy (non-hydrogen) atoms. The predicted molar refractivity (Wildman–Crippen MR) is 238 cm³/mol. The number of hydrogen-bond acceptors (Lipinski definition) is 9. The van der Waals surface area contributed by atoms with Gasteiger partial charge in [-0.25, -0.2) is 31.0 Å². The minimum atomic E-state index is -4.12. The second kappa shape index (κ2) is 17.4. The van der Waals surface area contributed by atoms with Crippen LogP contribution in [-0.2, 0) is 47.2 Å². The Hall–Kier alpha value is -6.74. The van der Waals surface area contributed by atoms with Gasteiger partial charge in [-0.2, -0.15) is 19.0 Å². The van der Waals surface area contributed by atoms with E-state index in [1.807, 2.05) is 0 Å². The molecule has 3 atom stereocenters. The number of nitrogens with zero attached hydrogens (tertiary/aromatic N) is 6. The van der Waals surface area contributed by atoms with Crippen molar-refractivity contribution in [1.82, 2.24) is 34.4 Å². The smallest absolute Gasteiger partial charge is 0.293 e. The molecule has 1 amide bonds. The number of anilines is 1. The van der Waals surface area contributed by atoms with Crippen molar-refractivity contribution >= 4 is 60.9 Å². The molecule has 4 aromatic carbocycles. The minimum absolute atomic E-state index is 0.000204. The van der Waals surface area contributed by atoms with Crippen LogP contribution in [0.4, 0.5) is 32.2 Å². The van der Waals surface area contributed by atoms with Gasteiger partial charge in [-0.1, -0.05) is 36.7 Å². The van der Waals surface area contributed by atoms with Crippen LogP contribution in [0.25, 0.3) is 27.5 Å². The number of aryl methyl sites for hydroxylation is 2. The zero-order valence-electron chi connectivity index (χ0n) is 36.2. The van der Waals surface area contributed by atoms with Crippen molar-refractivity contribution < 1.29 is 49.1 Å². The number of nitrogens with one attached hydrogen (secondary N) is 2. The fraction of sp³-hybridized carbons (Fsp3) is 0.304. The van der Waals surface area contributed by atoms with Gasteiger partial charge < -0.3 is 10.1 Å². The lowest BCUT2D eigenvalue weighted by atomic mass is 10.0. The van der Waals surface area contributed by atoms with Gasteiger partial charge in [0.05, 0.1) is 51.4 Å². The lowest BCUT2D eigenvalue weighted by Crippen LogP contribution is -2.38. The summed E-state index contributed by atoms with van der Waals surface area (Å²) in [5.41, 5.74) is -1.98. The molecule has 2 N–H and O–H groups in total. The number of sulfonamides is 1. The summed E-state index contributed by atoms with van der Waals surface area (Å²) in [6, 6.07) is 14.7. The summed E-state index contributed by atoms with van der Waals surface area (Å²) >= 11 is 6.77. The second-order valence-corrected chi connectivity index (χ2v) is 18.9. The highest BCUT2D eigenvalue weighted by molar-refractivity contribution is 7.92. The van der Waals surface area contributed by atoms with Crippen molar-refractivity contribution in [2.24, 2.45) is 13.0 Å². The third-order valence-electron chi connectivity index (χ3n) is 12.2. The number of ketones is 1. The molecule has 354 valence electrons. The summed E-state index contributed by atoms with van der Waals surface area (Å²) in [5, 5.41) is 10.8. The summed E-state index contributed by atoms with van der Waals surface area (Å²) < 4.78 is 127. The first-order chi connectivity index (χ1) is 32.3. The van der Waals surface area contributed by atoms with E-state index in [-0.39, 0.29) is 91.6 Å². The Labute approximate surface area is 387 Å². The number of hydrogen-bond donors (Lipinski definition) is 2. The Morgan fingerprint density at radius 2 is 1.71 bits per heavy atom. The number of alkyl halides is 4. The molecule has 7 aromatic rings. The number of carbonyl (C=O) groups is 2. The minimum Gasteiger partial charge on any atom is -0.497 e. The van der Waals surface area contributed by atoms with Crippen molar-refractivity contribution in [3.05, 3.63) is 139 Å². The average molecular weight is 981 g/mol. The molecule has 0 unspecified atom stereocenters. The molecule has 0 radical (unpaired) electrons. The number of Topliss-reactive ketones (excluding diaryl/α,β-unsaturated/α-hetero) is 1. The van der Waals surface area contributed by atoms with Gasteiger partial charge in [-0.3, -0.25) is 33.0 Å². The van der Waals surface area contributed by atoms with Crippen LogP contribution in [0.1, 0.15) is 82.4 Å². The van der Waals surface area contributed by atoms with E-state index in [9.17, 15) is 35.6 Å². The molecular formula is C46H39ClF6N8O6S. The van der Waals surface area contributed by atoms with Gasteiger partial charge >= 0.3 is 0 Å². The maximum absolute atomic E-state index is 15.6. The fourth-order valence-electron chi connectivity index (χ4n) is 9.02. The van der Waals surface area contributed by atoms with Crippen LogP contribution in [0.2, 0.25) is 5.02 Å². The Kier molecular flexibility index (Phi) is 11.9. The highest BCUT2D eigenvalue weighted by Crippen LogP contribution is 2.68. The van der Waals surface area contributed by atoms with Crippen LogP contribution in [0.15, 0.2) is 77.6 Å². The lowest BCUT2D eigenvalue weighted by molar-refractivity contribution is -0.123. The van der Waals surface area contributed by atoms with Crippen LogP contribution in [0, 0.1) is 17.6 Å². The molecular weight excluding hydrogens is 942 g/mol. The van der Waals surface area contributed by atoms with Gasteiger partial charge in [0, 0.05) is 43.0 Å². The summed E-state index contributed by atoms with van der Waals surface area (Å²) in [6.45, 7) is 0.611. The van der Waals surface area contributed by atoms with E-state index >= 15 is 13.6 Å². The molecule has 3 heterocycles. The fourth-order valence-corrected chi connectivity index (χ4v) is 10.3. The third kappa shape index (κ3) is 8.45. The second-order valence-electron chi connectivity index (χ2n) is 16.7. The molecule has 14 nitrogen and oxygen atoms in total. The molecule has 1 fully saturated rings. The SMILES string of the molecule is CCC(=O)c1ccc2c(=O)n(-c3ccc(Cl)c4c(NS(=O)(=O)CCc5ccc(OC)cc5)nn(C)c34)c([C@H](Cc3cc(F)cc(F)c3)NC(=O)Cn3nc(C(F)F)c4c3C(F)(F)[C@@H]3C[C@H]43)nc2c1. The molecule has 2 aliphatic carbocycles. The molecule has 22 heteroatoms. The zero-order chi connectivity index (χ0) is 48.6. The number of amides is 1. The van der Waals surface area contributed by atoms with Gasteiger partial charge in [-0.05, 0) is 78.4 Å². The predicted octanol–water partition coefficient (Wildman–Crippen LogP) is 8.23. The van der Waals surface area contributed by atoms with E-state index < -0.39 is 87.7 Å².